The number of nitro groups is 1. The van der Waals surface area contributed by atoms with Gasteiger partial charge in [0.05, 0.1) is 4.92 Å². The summed E-state index contributed by atoms with van der Waals surface area (Å²) in [7, 11) is 0. The van der Waals surface area contributed by atoms with Crippen LogP contribution in [0.5, 0.6) is 0 Å². The number of esters is 1. The molecular formula is C19H17ClN2O5. The molecule has 0 aliphatic heterocycles. The molecule has 2 aromatic rings. The minimum absolute atomic E-state index is 0.00263. The second-order valence-corrected chi connectivity index (χ2v) is 6.18. The predicted octanol–water partition coefficient (Wildman–Crippen LogP) is 4.06. The van der Waals surface area contributed by atoms with Gasteiger partial charge in [-0.25, -0.2) is 4.79 Å². The molecule has 2 rings (SSSR count). The molecule has 0 fully saturated rings. The molecule has 7 nitrogen and oxygen atoms in total. The Hall–Kier alpha value is -3.19. The van der Waals surface area contributed by atoms with Crippen LogP contribution in [-0.2, 0) is 14.3 Å². The zero-order valence-electron chi connectivity index (χ0n) is 14.7. The Morgan fingerprint density at radius 3 is 2.67 bits per heavy atom. The number of carbonyl (C=O) groups is 2. The molecule has 0 bridgehead atoms. The maximum absolute atomic E-state index is 11.9. The Morgan fingerprint density at radius 2 is 1.96 bits per heavy atom. The van der Waals surface area contributed by atoms with Gasteiger partial charge in [0, 0.05) is 17.8 Å². The first-order chi connectivity index (χ1) is 12.8. The van der Waals surface area contributed by atoms with Crippen LogP contribution in [0, 0.1) is 24.0 Å². The molecule has 0 radical (unpaired) electrons. The van der Waals surface area contributed by atoms with Gasteiger partial charge in [-0.1, -0.05) is 29.8 Å². The average molecular weight is 389 g/mol. The molecule has 140 valence electrons. The van der Waals surface area contributed by atoms with E-state index in [0.29, 0.717) is 11.3 Å². The van der Waals surface area contributed by atoms with E-state index in [9.17, 15) is 19.7 Å². The summed E-state index contributed by atoms with van der Waals surface area (Å²) in [6.07, 6.45) is 2.42. The van der Waals surface area contributed by atoms with Crippen molar-refractivity contribution in [3.8, 4) is 0 Å². The maximum Gasteiger partial charge on any atom is 0.331 e. The lowest BCUT2D eigenvalue weighted by Crippen LogP contribution is -2.20. The van der Waals surface area contributed by atoms with Gasteiger partial charge in [0.1, 0.15) is 5.02 Å². The van der Waals surface area contributed by atoms with Gasteiger partial charge in [0.25, 0.3) is 11.6 Å². The molecule has 0 spiro atoms. The van der Waals surface area contributed by atoms with Crippen molar-refractivity contribution in [2.45, 2.75) is 13.8 Å². The number of nitrogens with one attached hydrogen (secondary N) is 1. The van der Waals surface area contributed by atoms with Gasteiger partial charge in [-0.05, 0) is 48.7 Å². The number of carbonyl (C=O) groups excluding carboxylic acids is 2. The van der Waals surface area contributed by atoms with Crippen molar-refractivity contribution >= 4 is 40.9 Å². The van der Waals surface area contributed by atoms with E-state index < -0.39 is 23.4 Å². The van der Waals surface area contributed by atoms with Crippen LogP contribution in [0.4, 0.5) is 11.4 Å². The molecule has 1 N–H and O–H groups in total. The molecule has 2 aromatic carbocycles. The number of anilines is 1. The fourth-order valence-electron chi connectivity index (χ4n) is 2.18. The van der Waals surface area contributed by atoms with Gasteiger partial charge in [-0.2, -0.15) is 0 Å². The molecule has 27 heavy (non-hydrogen) atoms. The van der Waals surface area contributed by atoms with Gasteiger partial charge in [-0.15, -0.1) is 0 Å². The average Bonchev–Trinajstić information content (AvgIpc) is 2.62. The fraction of sp³-hybridized carbons (Fsp3) is 0.158. The quantitative estimate of drug-likeness (QED) is 0.348. The Labute approximate surface area is 160 Å². The van der Waals surface area contributed by atoms with Crippen LogP contribution in [0.1, 0.15) is 16.7 Å². The number of ether oxygens (including phenoxy) is 1. The van der Waals surface area contributed by atoms with E-state index in [0.717, 1.165) is 17.2 Å². The highest BCUT2D eigenvalue weighted by Gasteiger charge is 2.12. The number of aryl methyl sites for hydroxylation is 2. The smallest absolute Gasteiger partial charge is 0.331 e. The van der Waals surface area contributed by atoms with Crippen molar-refractivity contribution in [3.63, 3.8) is 0 Å². The molecule has 0 atom stereocenters. The molecule has 0 aliphatic rings. The summed E-state index contributed by atoms with van der Waals surface area (Å²) in [6, 6.07) is 9.75. The number of amides is 1. The second-order valence-electron chi connectivity index (χ2n) is 5.78. The SMILES string of the molecule is Cc1ccc(C)c(NC(=O)COC(=O)C=Cc2ccc(Cl)c([N+](=O)[O-])c2)c1. The summed E-state index contributed by atoms with van der Waals surface area (Å²) in [5.41, 5.74) is 2.68. The Kier molecular flexibility index (Phi) is 6.67. The van der Waals surface area contributed by atoms with Crippen LogP contribution in [0.25, 0.3) is 6.08 Å². The van der Waals surface area contributed by atoms with Crippen LogP contribution >= 0.6 is 11.6 Å². The van der Waals surface area contributed by atoms with Crippen molar-refractivity contribution in [3.05, 3.63) is 74.3 Å². The van der Waals surface area contributed by atoms with Crippen LogP contribution in [0.3, 0.4) is 0 Å². The van der Waals surface area contributed by atoms with E-state index in [4.69, 9.17) is 16.3 Å². The van der Waals surface area contributed by atoms with Crippen LogP contribution in [0.2, 0.25) is 5.02 Å². The standard InChI is InChI=1S/C19H17ClN2O5/c1-12-3-4-13(2)16(9-12)21-18(23)11-27-19(24)8-6-14-5-7-15(20)17(10-14)22(25)26/h3-10H,11H2,1-2H3,(H,21,23). The second kappa shape index (κ2) is 8.95. The third-order valence-electron chi connectivity index (χ3n) is 3.59. The normalized spacial score (nSPS) is 10.6. The molecule has 0 heterocycles. The number of halogens is 1. The summed E-state index contributed by atoms with van der Waals surface area (Å²) in [5, 5.41) is 13.5. The summed E-state index contributed by atoms with van der Waals surface area (Å²) in [6.45, 7) is 3.31. The maximum atomic E-state index is 11.9. The molecule has 0 saturated heterocycles. The Bertz CT molecular complexity index is 924. The van der Waals surface area contributed by atoms with Gasteiger partial charge in [0.2, 0.25) is 0 Å². The van der Waals surface area contributed by atoms with Crippen LogP contribution < -0.4 is 5.32 Å². The van der Waals surface area contributed by atoms with Crippen molar-refractivity contribution in [2.24, 2.45) is 0 Å². The minimum atomic E-state index is -0.747. The number of nitro benzene ring substituents is 1. The van der Waals surface area contributed by atoms with Crippen LogP contribution in [-0.4, -0.2) is 23.4 Å². The summed E-state index contributed by atoms with van der Waals surface area (Å²) in [5.74, 6) is -1.21. The lowest BCUT2D eigenvalue weighted by atomic mass is 10.1. The highest BCUT2D eigenvalue weighted by molar-refractivity contribution is 6.32. The monoisotopic (exact) mass is 388 g/mol. The van der Waals surface area contributed by atoms with E-state index in [-0.39, 0.29) is 10.7 Å². The third-order valence-corrected chi connectivity index (χ3v) is 3.91. The van der Waals surface area contributed by atoms with E-state index in [1.54, 1.807) is 0 Å². The largest absolute Gasteiger partial charge is 0.452 e. The van der Waals surface area contributed by atoms with E-state index in [1.807, 2.05) is 32.0 Å². The molecule has 0 saturated carbocycles. The fourth-order valence-corrected chi connectivity index (χ4v) is 2.37. The van der Waals surface area contributed by atoms with Crippen molar-refractivity contribution < 1.29 is 19.2 Å². The van der Waals surface area contributed by atoms with E-state index >= 15 is 0 Å². The number of nitrogens with zero attached hydrogens (tertiary/aromatic N) is 1. The van der Waals surface area contributed by atoms with Crippen molar-refractivity contribution in [1.29, 1.82) is 0 Å². The number of benzene rings is 2. The highest BCUT2D eigenvalue weighted by atomic mass is 35.5. The topological polar surface area (TPSA) is 98.5 Å². The zero-order chi connectivity index (χ0) is 20.0. The summed E-state index contributed by atoms with van der Waals surface area (Å²) in [4.78, 5) is 33.9. The summed E-state index contributed by atoms with van der Waals surface area (Å²) < 4.78 is 4.87. The van der Waals surface area contributed by atoms with Gasteiger partial charge in [-0.3, -0.25) is 14.9 Å². The van der Waals surface area contributed by atoms with Gasteiger partial charge >= 0.3 is 5.97 Å². The molecule has 0 aromatic heterocycles. The molecule has 0 unspecified atom stereocenters. The van der Waals surface area contributed by atoms with Crippen LogP contribution in [0.15, 0.2) is 42.5 Å². The first kappa shape index (κ1) is 20.1. The number of hydrogen-bond donors (Lipinski definition) is 1. The Balaban J connectivity index is 1.91. The van der Waals surface area contributed by atoms with Crippen molar-refractivity contribution in [2.75, 3.05) is 11.9 Å². The minimum Gasteiger partial charge on any atom is -0.452 e. The lowest BCUT2D eigenvalue weighted by Gasteiger charge is -2.09. The first-order valence-electron chi connectivity index (χ1n) is 7.92. The van der Waals surface area contributed by atoms with Crippen molar-refractivity contribution in [1.82, 2.24) is 0 Å². The first-order valence-corrected chi connectivity index (χ1v) is 8.30. The summed E-state index contributed by atoms with van der Waals surface area (Å²) >= 11 is 5.72. The number of hydrogen-bond acceptors (Lipinski definition) is 5. The van der Waals surface area contributed by atoms with Gasteiger partial charge in [0.15, 0.2) is 6.61 Å². The van der Waals surface area contributed by atoms with E-state index in [2.05, 4.69) is 5.32 Å². The highest BCUT2D eigenvalue weighted by Crippen LogP contribution is 2.25. The molecular weight excluding hydrogens is 372 g/mol. The molecule has 0 aliphatic carbocycles. The third kappa shape index (κ3) is 5.93. The predicted molar refractivity (Wildman–Crippen MR) is 103 cm³/mol. The molecule has 1 amide bonds. The zero-order valence-corrected chi connectivity index (χ0v) is 15.4. The number of rotatable bonds is 6. The Morgan fingerprint density at radius 1 is 1.22 bits per heavy atom. The van der Waals surface area contributed by atoms with Gasteiger partial charge < -0.3 is 10.1 Å². The molecule has 8 heteroatoms. The lowest BCUT2D eigenvalue weighted by molar-refractivity contribution is -0.384. The van der Waals surface area contributed by atoms with E-state index in [1.165, 1.54) is 24.3 Å².